The lowest BCUT2D eigenvalue weighted by Crippen LogP contribution is -2.09. The van der Waals surface area contributed by atoms with E-state index < -0.39 is 0 Å². The van der Waals surface area contributed by atoms with Crippen molar-refractivity contribution in [1.29, 1.82) is 0 Å². The number of nitrogens with zero attached hydrogens (tertiary/aromatic N) is 2. The van der Waals surface area contributed by atoms with Crippen LogP contribution < -0.4 is 5.73 Å². The minimum absolute atomic E-state index is 0.131. The summed E-state index contributed by atoms with van der Waals surface area (Å²) in [5, 5.41) is 0. The Labute approximate surface area is 77.2 Å². The molecule has 13 heavy (non-hydrogen) atoms. The summed E-state index contributed by atoms with van der Waals surface area (Å²) in [4.78, 5) is 4.17. The van der Waals surface area contributed by atoms with Crippen LogP contribution in [0.2, 0.25) is 0 Å². The van der Waals surface area contributed by atoms with E-state index in [4.69, 9.17) is 5.73 Å². The molecule has 0 amide bonds. The third kappa shape index (κ3) is 1.42. The average Bonchev–Trinajstić information content (AvgIpc) is 2.63. The van der Waals surface area contributed by atoms with Crippen LogP contribution in [0.4, 0.5) is 0 Å². The van der Waals surface area contributed by atoms with E-state index in [0.29, 0.717) is 0 Å². The van der Waals surface area contributed by atoms with Crippen molar-refractivity contribution in [3.63, 3.8) is 0 Å². The largest absolute Gasteiger partial charge is 0.324 e. The first-order valence-electron chi connectivity index (χ1n) is 4.49. The maximum Gasteiger partial charge on any atom is 0.136 e. The van der Waals surface area contributed by atoms with Crippen molar-refractivity contribution in [1.82, 2.24) is 9.38 Å². The van der Waals surface area contributed by atoms with Crippen molar-refractivity contribution < 1.29 is 0 Å². The van der Waals surface area contributed by atoms with Gasteiger partial charge in [-0.05, 0) is 18.1 Å². The molecule has 0 radical (unpaired) electrons. The minimum atomic E-state index is 0.131. The normalized spacial score (nSPS) is 13.4. The summed E-state index contributed by atoms with van der Waals surface area (Å²) in [6.07, 6.45) is 6.72. The molecule has 0 saturated heterocycles. The molecule has 68 valence electrons. The van der Waals surface area contributed by atoms with E-state index in [2.05, 4.69) is 11.9 Å². The van der Waals surface area contributed by atoms with E-state index in [-0.39, 0.29) is 6.04 Å². The molecule has 2 rings (SSSR count). The predicted molar refractivity (Wildman–Crippen MR) is 52.4 cm³/mol. The molecule has 1 atom stereocenters. The van der Waals surface area contributed by atoms with Gasteiger partial charge in [0.25, 0.3) is 0 Å². The highest BCUT2D eigenvalue weighted by molar-refractivity contribution is 5.39. The quantitative estimate of drug-likeness (QED) is 0.755. The van der Waals surface area contributed by atoms with Crippen LogP contribution in [0.25, 0.3) is 5.65 Å². The fraction of sp³-hybridized carbons (Fsp3) is 0.300. The van der Waals surface area contributed by atoms with Gasteiger partial charge in [0.2, 0.25) is 0 Å². The van der Waals surface area contributed by atoms with Gasteiger partial charge in [0.15, 0.2) is 0 Å². The lowest BCUT2D eigenvalue weighted by atomic mass is 10.1. The molecule has 2 aromatic rings. The second-order valence-electron chi connectivity index (χ2n) is 3.17. The van der Waals surface area contributed by atoms with Crippen molar-refractivity contribution in [2.75, 3.05) is 0 Å². The van der Waals surface area contributed by atoms with Gasteiger partial charge in [-0.3, -0.25) is 0 Å². The van der Waals surface area contributed by atoms with Gasteiger partial charge in [0.1, 0.15) is 5.65 Å². The maximum absolute atomic E-state index is 5.92. The summed E-state index contributed by atoms with van der Waals surface area (Å²) in [6.45, 7) is 2.09. The fourth-order valence-electron chi connectivity index (χ4n) is 1.39. The molecule has 0 unspecified atom stereocenters. The van der Waals surface area contributed by atoms with E-state index in [1.54, 1.807) is 6.20 Å². The standard InChI is InChI=1S/C10H13N3/c1-2-9(11)8-3-4-10-12-5-6-13(10)7-8/h3-7,9H,2,11H2,1H3/t9-/m0/s1. The molecule has 0 saturated carbocycles. The molecule has 2 heterocycles. The highest BCUT2D eigenvalue weighted by Crippen LogP contribution is 2.13. The second kappa shape index (κ2) is 3.18. The molecule has 0 fully saturated rings. The summed E-state index contributed by atoms with van der Waals surface area (Å²) < 4.78 is 1.99. The van der Waals surface area contributed by atoms with Crippen LogP contribution in [0.15, 0.2) is 30.7 Å². The van der Waals surface area contributed by atoms with Crippen LogP contribution >= 0.6 is 0 Å². The summed E-state index contributed by atoms with van der Waals surface area (Å²) in [6, 6.07) is 4.16. The summed E-state index contributed by atoms with van der Waals surface area (Å²) in [7, 11) is 0. The van der Waals surface area contributed by atoms with Crippen LogP contribution in [0.5, 0.6) is 0 Å². The van der Waals surface area contributed by atoms with E-state index in [1.807, 2.05) is 28.9 Å². The van der Waals surface area contributed by atoms with Crippen LogP contribution in [0.3, 0.4) is 0 Å². The smallest absolute Gasteiger partial charge is 0.136 e. The topological polar surface area (TPSA) is 43.3 Å². The second-order valence-corrected chi connectivity index (χ2v) is 3.17. The number of fused-ring (bicyclic) bond motifs is 1. The number of rotatable bonds is 2. The fourth-order valence-corrected chi connectivity index (χ4v) is 1.39. The van der Waals surface area contributed by atoms with Gasteiger partial charge in [-0.2, -0.15) is 0 Å². The summed E-state index contributed by atoms with van der Waals surface area (Å²) in [5.74, 6) is 0. The molecule has 0 bridgehead atoms. The van der Waals surface area contributed by atoms with Crippen molar-refractivity contribution in [3.05, 3.63) is 36.3 Å². The molecular formula is C10H13N3. The third-order valence-corrected chi connectivity index (χ3v) is 2.28. The lowest BCUT2D eigenvalue weighted by Gasteiger charge is -2.08. The molecule has 2 N–H and O–H groups in total. The Morgan fingerprint density at radius 3 is 3.15 bits per heavy atom. The minimum Gasteiger partial charge on any atom is -0.324 e. The Balaban J connectivity index is 2.48. The number of hydrogen-bond acceptors (Lipinski definition) is 2. The van der Waals surface area contributed by atoms with E-state index >= 15 is 0 Å². The molecule has 2 aromatic heterocycles. The van der Waals surface area contributed by atoms with E-state index in [1.165, 1.54) is 0 Å². The monoisotopic (exact) mass is 175 g/mol. The molecule has 3 nitrogen and oxygen atoms in total. The van der Waals surface area contributed by atoms with Crippen molar-refractivity contribution in [2.45, 2.75) is 19.4 Å². The molecule has 0 aliphatic rings. The highest BCUT2D eigenvalue weighted by Gasteiger charge is 2.03. The zero-order valence-corrected chi connectivity index (χ0v) is 7.64. The zero-order chi connectivity index (χ0) is 9.26. The number of imidazole rings is 1. The summed E-state index contributed by atoms with van der Waals surface area (Å²) in [5.41, 5.74) is 8.05. The predicted octanol–water partition coefficient (Wildman–Crippen LogP) is 1.74. The first kappa shape index (κ1) is 8.26. The van der Waals surface area contributed by atoms with Gasteiger partial charge < -0.3 is 10.1 Å². The Morgan fingerprint density at radius 2 is 2.38 bits per heavy atom. The number of aromatic nitrogens is 2. The first-order chi connectivity index (χ1) is 6.31. The average molecular weight is 175 g/mol. The molecular weight excluding hydrogens is 162 g/mol. The van der Waals surface area contributed by atoms with Gasteiger partial charge in [0.05, 0.1) is 0 Å². The van der Waals surface area contributed by atoms with Crippen LogP contribution in [0, 0.1) is 0 Å². The van der Waals surface area contributed by atoms with Crippen molar-refractivity contribution in [3.8, 4) is 0 Å². The van der Waals surface area contributed by atoms with Crippen LogP contribution in [-0.4, -0.2) is 9.38 Å². The molecule has 0 aliphatic carbocycles. The first-order valence-corrected chi connectivity index (χ1v) is 4.49. The Bertz CT molecular complexity index is 405. The Kier molecular flexibility index (Phi) is 2.02. The molecule has 0 aliphatic heterocycles. The van der Waals surface area contributed by atoms with E-state index in [9.17, 15) is 0 Å². The number of pyridine rings is 1. The van der Waals surface area contributed by atoms with Gasteiger partial charge >= 0.3 is 0 Å². The van der Waals surface area contributed by atoms with Gasteiger partial charge in [-0.25, -0.2) is 4.98 Å². The van der Waals surface area contributed by atoms with Gasteiger partial charge in [0, 0.05) is 24.6 Å². The van der Waals surface area contributed by atoms with Crippen molar-refractivity contribution >= 4 is 5.65 Å². The lowest BCUT2D eigenvalue weighted by molar-refractivity contribution is 0.694. The number of hydrogen-bond donors (Lipinski definition) is 1. The van der Waals surface area contributed by atoms with Gasteiger partial charge in [-0.1, -0.05) is 13.0 Å². The SMILES string of the molecule is CC[C@H](N)c1ccc2nccn2c1. The highest BCUT2D eigenvalue weighted by atomic mass is 15.0. The maximum atomic E-state index is 5.92. The van der Waals surface area contributed by atoms with Crippen LogP contribution in [0.1, 0.15) is 24.9 Å². The van der Waals surface area contributed by atoms with Gasteiger partial charge in [-0.15, -0.1) is 0 Å². The van der Waals surface area contributed by atoms with Crippen molar-refractivity contribution in [2.24, 2.45) is 5.73 Å². The van der Waals surface area contributed by atoms with Crippen LogP contribution in [-0.2, 0) is 0 Å². The third-order valence-electron chi connectivity index (χ3n) is 2.28. The Hall–Kier alpha value is -1.35. The summed E-state index contributed by atoms with van der Waals surface area (Å²) >= 11 is 0. The Morgan fingerprint density at radius 1 is 1.54 bits per heavy atom. The van der Waals surface area contributed by atoms with E-state index in [0.717, 1.165) is 17.6 Å². The zero-order valence-electron chi connectivity index (χ0n) is 7.64. The molecule has 0 aromatic carbocycles. The molecule has 3 heteroatoms. The number of nitrogens with two attached hydrogens (primary N) is 1. The molecule has 0 spiro atoms.